The van der Waals surface area contributed by atoms with E-state index in [1.54, 1.807) is 0 Å². The molecule has 3 N–H and O–H groups in total. The lowest BCUT2D eigenvalue weighted by Gasteiger charge is -2.24. The van der Waals surface area contributed by atoms with Crippen molar-refractivity contribution in [1.82, 2.24) is 5.32 Å². The van der Waals surface area contributed by atoms with Crippen molar-refractivity contribution in [3.8, 4) is 0 Å². The minimum absolute atomic E-state index is 0.00425. The molecular weight excluding hydrogens is 743 g/mol. The smallest absolute Gasteiger partial charge is 0.306 e. The third-order valence-corrected chi connectivity index (χ3v) is 11.7. The van der Waals surface area contributed by atoms with Crippen LogP contribution in [0.4, 0.5) is 0 Å². The van der Waals surface area contributed by atoms with Crippen molar-refractivity contribution in [3.05, 3.63) is 48.6 Å². The fourth-order valence-corrected chi connectivity index (χ4v) is 7.70. The van der Waals surface area contributed by atoms with Crippen LogP contribution in [0.5, 0.6) is 0 Å². The summed E-state index contributed by atoms with van der Waals surface area (Å²) in [4.78, 5) is 26.1. The van der Waals surface area contributed by atoms with Gasteiger partial charge in [0.2, 0.25) is 5.91 Å². The van der Waals surface area contributed by atoms with Gasteiger partial charge in [-0.15, -0.1) is 0 Å². The highest BCUT2D eigenvalue weighted by molar-refractivity contribution is 5.77. The molecule has 0 aromatic rings. The molecule has 0 aromatic heterocycles. The van der Waals surface area contributed by atoms with E-state index in [0.717, 1.165) is 57.8 Å². The van der Waals surface area contributed by atoms with Crippen LogP contribution in [-0.2, 0) is 14.3 Å². The SMILES string of the molecule is CCCCC/C=C\C/C=C\C/C=C\C/C=C\CC(CC(=O)NC(CO)C(O)CCCCCCCCCCCCCCCC)OC(=O)CCCCCCCCCCCCCC. The number of esters is 1. The molecular formula is C54H99NO5. The molecule has 3 unspecified atom stereocenters. The highest BCUT2D eigenvalue weighted by Gasteiger charge is 2.23. The van der Waals surface area contributed by atoms with Gasteiger partial charge in [-0.3, -0.25) is 9.59 Å². The van der Waals surface area contributed by atoms with Crippen LogP contribution in [0, 0.1) is 0 Å². The number of ether oxygens (including phenoxy) is 1. The molecule has 0 radical (unpaired) electrons. The Bertz CT molecular complexity index is 1040. The number of carbonyl (C=O) groups excluding carboxylic acids is 2. The molecule has 3 atom stereocenters. The first-order valence-electron chi connectivity index (χ1n) is 25.9. The van der Waals surface area contributed by atoms with Gasteiger partial charge in [0.1, 0.15) is 6.10 Å². The Morgan fingerprint density at radius 2 is 0.883 bits per heavy atom. The molecule has 1 amide bonds. The van der Waals surface area contributed by atoms with Crippen molar-refractivity contribution in [2.45, 2.75) is 277 Å². The number of nitrogens with one attached hydrogen (secondary N) is 1. The molecule has 0 aliphatic heterocycles. The van der Waals surface area contributed by atoms with Crippen molar-refractivity contribution in [1.29, 1.82) is 0 Å². The highest BCUT2D eigenvalue weighted by atomic mass is 16.5. The van der Waals surface area contributed by atoms with Crippen LogP contribution in [0.1, 0.15) is 258 Å². The van der Waals surface area contributed by atoms with Crippen LogP contribution in [-0.4, -0.2) is 46.9 Å². The molecule has 0 aliphatic carbocycles. The lowest BCUT2D eigenvalue weighted by molar-refractivity contribution is -0.150. The second kappa shape index (κ2) is 47.9. The first kappa shape index (κ1) is 57.8. The second-order valence-corrected chi connectivity index (χ2v) is 17.6. The maximum Gasteiger partial charge on any atom is 0.306 e. The molecule has 60 heavy (non-hydrogen) atoms. The number of rotatable bonds is 46. The molecule has 0 aromatic carbocycles. The molecule has 350 valence electrons. The molecule has 6 heteroatoms. The number of aliphatic hydroxyl groups excluding tert-OH is 2. The number of aliphatic hydroxyl groups is 2. The van der Waals surface area contributed by atoms with E-state index in [0.29, 0.717) is 19.3 Å². The summed E-state index contributed by atoms with van der Waals surface area (Å²) in [6, 6.07) is -0.728. The van der Waals surface area contributed by atoms with Crippen molar-refractivity contribution in [3.63, 3.8) is 0 Å². The van der Waals surface area contributed by atoms with Gasteiger partial charge in [0.05, 0.1) is 25.2 Å². The fraction of sp³-hybridized carbons (Fsp3) is 0.815. The van der Waals surface area contributed by atoms with Gasteiger partial charge in [-0.05, 0) is 44.9 Å². The van der Waals surface area contributed by atoms with E-state index in [1.165, 1.54) is 154 Å². The van der Waals surface area contributed by atoms with Gasteiger partial charge in [-0.1, -0.05) is 243 Å². The van der Waals surface area contributed by atoms with Crippen LogP contribution in [0.15, 0.2) is 48.6 Å². The van der Waals surface area contributed by atoms with Crippen molar-refractivity contribution in [2.75, 3.05) is 6.61 Å². The Balaban J connectivity index is 4.69. The zero-order valence-corrected chi connectivity index (χ0v) is 39.8. The number of hydrogen-bond acceptors (Lipinski definition) is 5. The van der Waals surface area contributed by atoms with Gasteiger partial charge in [-0.2, -0.15) is 0 Å². The number of allylic oxidation sites excluding steroid dienone is 7. The zero-order chi connectivity index (χ0) is 43.8. The number of carbonyl (C=O) groups is 2. The predicted molar refractivity (Wildman–Crippen MR) is 259 cm³/mol. The van der Waals surface area contributed by atoms with E-state index in [1.807, 2.05) is 6.08 Å². The fourth-order valence-electron chi connectivity index (χ4n) is 7.70. The molecule has 0 aliphatic rings. The van der Waals surface area contributed by atoms with Gasteiger partial charge < -0.3 is 20.3 Å². The number of hydrogen-bond donors (Lipinski definition) is 3. The van der Waals surface area contributed by atoms with E-state index in [9.17, 15) is 19.8 Å². The lowest BCUT2D eigenvalue weighted by Crippen LogP contribution is -2.46. The molecule has 0 bridgehead atoms. The van der Waals surface area contributed by atoms with E-state index in [-0.39, 0.29) is 24.9 Å². The van der Waals surface area contributed by atoms with Gasteiger partial charge >= 0.3 is 5.97 Å². The van der Waals surface area contributed by atoms with Crippen LogP contribution >= 0.6 is 0 Å². The van der Waals surface area contributed by atoms with Crippen LogP contribution in [0.3, 0.4) is 0 Å². The molecule has 0 heterocycles. The molecule has 0 fully saturated rings. The molecule has 0 saturated heterocycles. The third kappa shape index (κ3) is 42.5. The van der Waals surface area contributed by atoms with Crippen LogP contribution in [0.2, 0.25) is 0 Å². The molecule has 0 rings (SSSR count). The highest BCUT2D eigenvalue weighted by Crippen LogP contribution is 2.17. The summed E-state index contributed by atoms with van der Waals surface area (Å²) in [5.74, 6) is -0.569. The Morgan fingerprint density at radius 1 is 0.500 bits per heavy atom. The zero-order valence-electron chi connectivity index (χ0n) is 39.8. The maximum atomic E-state index is 13.2. The van der Waals surface area contributed by atoms with E-state index in [2.05, 4.69) is 68.6 Å². The minimum Gasteiger partial charge on any atom is -0.461 e. The summed E-state index contributed by atoms with van der Waals surface area (Å²) >= 11 is 0. The van der Waals surface area contributed by atoms with Gasteiger partial charge in [0.25, 0.3) is 0 Å². The standard InChI is InChI=1S/C54H99NO5/c1-4-7-10-13-16-19-22-25-27-28-30-33-36-39-42-45-50(60-54(59)47-44-41-38-35-32-24-21-18-15-12-9-6-3)48-53(58)55-51(49-56)52(57)46-43-40-37-34-31-29-26-23-20-17-14-11-8-5-2/h16,19,25,27,30,33,39,42,50-52,56-57H,4-15,17-18,20-24,26,28-29,31-32,34-38,40-41,43-49H2,1-3H3,(H,55,58)/b19-16-,27-25-,33-30-,42-39-. The number of amides is 1. The lowest BCUT2D eigenvalue weighted by atomic mass is 10.0. The van der Waals surface area contributed by atoms with E-state index < -0.39 is 18.2 Å². The first-order valence-corrected chi connectivity index (χ1v) is 25.9. The second-order valence-electron chi connectivity index (χ2n) is 17.6. The van der Waals surface area contributed by atoms with Crippen molar-refractivity contribution in [2.24, 2.45) is 0 Å². The number of unbranched alkanes of at least 4 members (excludes halogenated alkanes) is 27. The topological polar surface area (TPSA) is 95.9 Å². The normalized spacial score (nSPS) is 13.6. The first-order chi connectivity index (χ1) is 29.5. The Labute approximate surface area is 372 Å². The quantitative estimate of drug-likeness (QED) is 0.0322. The summed E-state index contributed by atoms with van der Waals surface area (Å²) in [5.41, 5.74) is 0. The van der Waals surface area contributed by atoms with E-state index >= 15 is 0 Å². The average molecular weight is 842 g/mol. The Hall–Kier alpha value is -2.18. The van der Waals surface area contributed by atoms with Crippen molar-refractivity contribution >= 4 is 11.9 Å². The Kier molecular flexibility index (Phi) is 46.1. The van der Waals surface area contributed by atoms with Crippen molar-refractivity contribution < 1.29 is 24.5 Å². The summed E-state index contributed by atoms with van der Waals surface area (Å²) in [6.45, 7) is 6.43. The average Bonchev–Trinajstić information content (AvgIpc) is 3.24. The minimum atomic E-state index is -0.809. The largest absolute Gasteiger partial charge is 0.461 e. The predicted octanol–water partition coefficient (Wildman–Crippen LogP) is 15.5. The van der Waals surface area contributed by atoms with Gasteiger partial charge in [0, 0.05) is 12.8 Å². The van der Waals surface area contributed by atoms with Crippen LogP contribution < -0.4 is 5.32 Å². The molecule has 0 saturated carbocycles. The maximum absolute atomic E-state index is 13.2. The Morgan fingerprint density at radius 3 is 1.33 bits per heavy atom. The summed E-state index contributed by atoms with van der Waals surface area (Å²) in [6.07, 6.45) is 57.5. The summed E-state index contributed by atoms with van der Waals surface area (Å²) < 4.78 is 5.86. The van der Waals surface area contributed by atoms with E-state index in [4.69, 9.17) is 4.74 Å². The van der Waals surface area contributed by atoms with Gasteiger partial charge in [-0.25, -0.2) is 0 Å². The third-order valence-electron chi connectivity index (χ3n) is 11.7. The summed E-state index contributed by atoms with van der Waals surface area (Å²) in [7, 11) is 0. The summed E-state index contributed by atoms with van der Waals surface area (Å²) in [5, 5.41) is 23.7. The molecule has 6 nitrogen and oxygen atoms in total. The molecule has 0 spiro atoms. The monoisotopic (exact) mass is 842 g/mol. The van der Waals surface area contributed by atoms with Gasteiger partial charge in [0.15, 0.2) is 0 Å². The van der Waals surface area contributed by atoms with Crippen LogP contribution in [0.25, 0.3) is 0 Å².